The van der Waals surface area contributed by atoms with E-state index in [1.807, 2.05) is 0 Å². The molecule has 1 saturated carbocycles. The lowest BCUT2D eigenvalue weighted by atomic mass is 10.0. The van der Waals surface area contributed by atoms with Gasteiger partial charge in [0.25, 0.3) is 0 Å². The average Bonchev–Trinajstić information content (AvgIpc) is 2.91. The number of nitrogens with zero attached hydrogens (tertiary/aromatic N) is 2. The fourth-order valence-electron chi connectivity index (χ4n) is 1.60. The number of aromatic nitrogens is 2. The van der Waals surface area contributed by atoms with Crippen molar-refractivity contribution in [3.8, 4) is 0 Å². The van der Waals surface area contributed by atoms with Crippen LogP contribution in [0.2, 0.25) is 0 Å². The van der Waals surface area contributed by atoms with Crippen molar-refractivity contribution in [1.29, 1.82) is 0 Å². The molecular weight excluding hydrogens is 214 g/mol. The predicted molar refractivity (Wildman–Crippen MR) is 59.2 cm³/mol. The van der Waals surface area contributed by atoms with Gasteiger partial charge in [-0.2, -0.15) is 0 Å². The zero-order chi connectivity index (χ0) is 10.7. The van der Waals surface area contributed by atoms with Gasteiger partial charge in [-0.05, 0) is 24.7 Å². The Hall–Kier alpha value is -0.770. The van der Waals surface area contributed by atoms with Crippen LogP contribution in [0.5, 0.6) is 0 Å². The van der Waals surface area contributed by atoms with Gasteiger partial charge in [0.05, 0.1) is 0 Å². The summed E-state index contributed by atoms with van der Waals surface area (Å²) in [5.74, 6) is 1.12. The van der Waals surface area contributed by atoms with Crippen LogP contribution < -0.4 is 5.32 Å². The highest BCUT2D eigenvalue weighted by molar-refractivity contribution is 6.17. The Morgan fingerprint density at radius 3 is 2.87 bits per heavy atom. The van der Waals surface area contributed by atoms with Crippen molar-refractivity contribution in [1.82, 2.24) is 10.2 Å². The highest BCUT2D eigenvalue weighted by Crippen LogP contribution is 2.48. The van der Waals surface area contributed by atoms with Gasteiger partial charge in [-0.15, -0.1) is 16.7 Å². The van der Waals surface area contributed by atoms with Crippen LogP contribution in [0.3, 0.4) is 0 Å². The smallest absolute Gasteiger partial charge is 0.315 e. The maximum atomic E-state index is 5.58. The maximum absolute atomic E-state index is 5.58. The zero-order valence-electron chi connectivity index (χ0n) is 8.92. The number of halogens is 1. The highest BCUT2D eigenvalue weighted by Gasteiger charge is 2.40. The lowest BCUT2D eigenvalue weighted by molar-refractivity contribution is 0.484. The number of hydrogen-bond acceptors (Lipinski definition) is 4. The highest BCUT2D eigenvalue weighted by atomic mass is 35.5. The lowest BCUT2D eigenvalue weighted by Crippen LogP contribution is -2.14. The summed E-state index contributed by atoms with van der Waals surface area (Å²) < 4.78 is 5.37. The van der Waals surface area contributed by atoms with Crippen LogP contribution in [0.1, 0.15) is 32.1 Å². The summed E-state index contributed by atoms with van der Waals surface area (Å²) in [7, 11) is 0. The lowest BCUT2D eigenvalue weighted by Gasteiger charge is -2.10. The minimum Gasteiger partial charge on any atom is -0.408 e. The van der Waals surface area contributed by atoms with E-state index in [-0.39, 0.29) is 0 Å². The first-order valence-electron chi connectivity index (χ1n) is 5.40. The van der Waals surface area contributed by atoms with E-state index in [0.29, 0.717) is 29.6 Å². The molecule has 5 heteroatoms. The third kappa shape index (κ3) is 2.62. The van der Waals surface area contributed by atoms with Gasteiger partial charge < -0.3 is 9.73 Å². The van der Waals surface area contributed by atoms with Gasteiger partial charge in [0.15, 0.2) is 0 Å². The second-order valence-electron chi connectivity index (χ2n) is 4.15. The SMILES string of the molecule is CCC1(CNc2nnc(CCCl)o2)CC1. The normalized spacial score (nSPS) is 17.7. The average molecular weight is 230 g/mol. The van der Waals surface area contributed by atoms with Gasteiger partial charge in [-0.1, -0.05) is 12.0 Å². The van der Waals surface area contributed by atoms with Gasteiger partial charge in [0.2, 0.25) is 5.89 Å². The first-order chi connectivity index (χ1) is 7.28. The van der Waals surface area contributed by atoms with Gasteiger partial charge in [-0.25, -0.2) is 0 Å². The molecular formula is C10H16ClN3O. The van der Waals surface area contributed by atoms with E-state index >= 15 is 0 Å². The third-order valence-corrected chi connectivity index (χ3v) is 3.29. The van der Waals surface area contributed by atoms with Crippen molar-refractivity contribution in [2.75, 3.05) is 17.7 Å². The van der Waals surface area contributed by atoms with E-state index in [9.17, 15) is 0 Å². The molecule has 1 aliphatic rings. The molecule has 0 aromatic carbocycles. The van der Waals surface area contributed by atoms with Crippen molar-refractivity contribution in [2.45, 2.75) is 32.6 Å². The van der Waals surface area contributed by atoms with Gasteiger partial charge in [-0.3, -0.25) is 0 Å². The number of nitrogens with one attached hydrogen (secondary N) is 1. The molecule has 0 unspecified atom stereocenters. The molecule has 1 heterocycles. The summed E-state index contributed by atoms with van der Waals surface area (Å²) in [6.07, 6.45) is 4.45. The Bertz CT molecular complexity index is 322. The summed E-state index contributed by atoms with van der Waals surface area (Å²) in [5, 5.41) is 11.0. The molecule has 0 aliphatic heterocycles. The first kappa shape index (κ1) is 10.7. The summed E-state index contributed by atoms with van der Waals surface area (Å²) in [5.41, 5.74) is 0.487. The molecule has 0 spiro atoms. The van der Waals surface area contributed by atoms with Crippen LogP contribution in [-0.4, -0.2) is 22.6 Å². The number of anilines is 1. The van der Waals surface area contributed by atoms with Crippen LogP contribution in [-0.2, 0) is 6.42 Å². The van der Waals surface area contributed by atoms with Crippen LogP contribution in [0.15, 0.2) is 4.42 Å². The molecule has 84 valence electrons. The molecule has 1 aromatic rings. The number of alkyl halides is 1. The topological polar surface area (TPSA) is 51.0 Å². The van der Waals surface area contributed by atoms with Crippen LogP contribution >= 0.6 is 11.6 Å². The molecule has 0 radical (unpaired) electrons. The van der Waals surface area contributed by atoms with E-state index < -0.39 is 0 Å². The van der Waals surface area contributed by atoms with Crippen molar-refractivity contribution < 1.29 is 4.42 Å². The number of hydrogen-bond donors (Lipinski definition) is 1. The van der Waals surface area contributed by atoms with Crippen molar-refractivity contribution in [3.63, 3.8) is 0 Å². The fraction of sp³-hybridized carbons (Fsp3) is 0.800. The zero-order valence-corrected chi connectivity index (χ0v) is 9.68. The molecule has 1 aliphatic carbocycles. The standard InChI is InChI=1S/C10H16ClN3O/c1-2-10(4-5-10)7-12-9-14-13-8(15-9)3-6-11/h2-7H2,1H3,(H,12,14). The summed E-state index contributed by atoms with van der Waals surface area (Å²) in [6.45, 7) is 3.16. The Kier molecular flexibility index (Phi) is 3.14. The van der Waals surface area contributed by atoms with E-state index in [2.05, 4.69) is 22.4 Å². The molecule has 2 rings (SSSR count). The van der Waals surface area contributed by atoms with E-state index in [1.165, 1.54) is 19.3 Å². The molecule has 1 aromatic heterocycles. The molecule has 0 bridgehead atoms. The number of aryl methyl sites for hydroxylation is 1. The van der Waals surface area contributed by atoms with Crippen molar-refractivity contribution >= 4 is 17.6 Å². The molecule has 0 saturated heterocycles. The summed E-state index contributed by atoms with van der Waals surface area (Å²) in [6, 6.07) is 0.523. The largest absolute Gasteiger partial charge is 0.408 e. The molecule has 0 amide bonds. The van der Waals surface area contributed by atoms with E-state index in [1.54, 1.807) is 0 Å². The third-order valence-electron chi connectivity index (χ3n) is 3.10. The van der Waals surface area contributed by atoms with Gasteiger partial charge in [0, 0.05) is 18.8 Å². The first-order valence-corrected chi connectivity index (χ1v) is 5.94. The van der Waals surface area contributed by atoms with Gasteiger partial charge >= 0.3 is 6.01 Å². The number of rotatable bonds is 6. The van der Waals surface area contributed by atoms with Crippen LogP contribution in [0, 0.1) is 5.41 Å². The maximum Gasteiger partial charge on any atom is 0.315 e. The van der Waals surface area contributed by atoms with E-state index in [4.69, 9.17) is 16.0 Å². The van der Waals surface area contributed by atoms with Gasteiger partial charge in [0.1, 0.15) is 0 Å². The van der Waals surface area contributed by atoms with E-state index in [0.717, 1.165) is 6.54 Å². The Labute approximate surface area is 94.4 Å². The Morgan fingerprint density at radius 1 is 1.47 bits per heavy atom. The Morgan fingerprint density at radius 2 is 2.27 bits per heavy atom. The molecule has 4 nitrogen and oxygen atoms in total. The molecule has 1 fully saturated rings. The summed E-state index contributed by atoms with van der Waals surface area (Å²) in [4.78, 5) is 0. The molecule has 15 heavy (non-hydrogen) atoms. The van der Waals surface area contributed by atoms with Crippen molar-refractivity contribution in [2.24, 2.45) is 5.41 Å². The minimum absolute atomic E-state index is 0.487. The molecule has 0 atom stereocenters. The second-order valence-corrected chi connectivity index (χ2v) is 4.53. The quantitative estimate of drug-likeness (QED) is 0.762. The second kappa shape index (κ2) is 4.39. The molecule has 1 N–H and O–H groups in total. The summed E-state index contributed by atoms with van der Waals surface area (Å²) >= 11 is 5.58. The monoisotopic (exact) mass is 229 g/mol. The minimum atomic E-state index is 0.487. The van der Waals surface area contributed by atoms with Crippen LogP contribution in [0.4, 0.5) is 6.01 Å². The fourth-order valence-corrected chi connectivity index (χ4v) is 1.76. The van der Waals surface area contributed by atoms with Crippen LogP contribution in [0.25, 0.3) is 0 Å². The van der Waals surface area contributed by atoms with Crippen molar-refractivity contribution in [3.05, 3.63) is 5.89 Å². The Balaban J connectivity index is 1.83. The predicted octanol–water partition coefficient (Wildman–Crippen LogP) is 2.45.